The number of halogens is 2. The van der Waals surface area contributed by atoms with Crippen molar-refractivity contribution < 1.29 is 4.21 Å². The van der Waals surface area contributed by atoms with E-state index in [0.29, 0.717) is 17.8 Å². The van der Waals surface area contributed by atoms with Crippen LogP contribution in [0.15, 0.2) is 17.1 Å². The lowest BCUT2D eigenvalue weighted by Crippen LogP contribution is -2.46. The summed E-state index contributed by atoms with van der Waals surface area (Å²) in [4.78, 5) is 5.47. The highest BCUT2D eigenvalue weighted by molar-refractivity contribution is 14.0. The van der Waals surface area contributed by atoms with Gasteiger partial charge in [-0.3, -0.25) is 9.20 Å². The maximum Gasteiger partial charge on any atom is 0.191 e. The number of rotatable bonds is 5. The summed E-state index contributed by atoms with van der Waals surface area (Å²) < 4.78 is 12.8. The first-order valence-corrected chi connectivity index (χ1v) is 10.3. The third kappa shape index (κ3) is 6.88. The molecular weight excluding hydrogens is 465 g/mol. The Kier molecular flexibility index (Phi) is 10.0. The van der Waals surface area contributed by atoms with Gasteiger partial charge in [0.25, 0.3) is 0 Å². The van der Waals surface area contributed by atoms with Crippen LogP contribution in [0.1, 0.15) is 37.5 Å². The molecule has 8 heteroatoms. The van der Waals surface area contributed by atoms with Gasteiger partial charge in [-0.2, -0.15) is 0 Å². The van der Waals surface area contributed by atoms with Crippen LogP contribution in [-0.2, 0) is 17.3 Å². The lowest BCUT2D eigenvalue weighted by atomic mass is 9.95. The molecule has 0 bridgehead atoms. The first kappa shape index (κ1) is 21.2. The van der Waals surface area contributed by atoms with Crippen molar-refractivity contribution in [3.63, 3.8) is 0 Å². The molecule has 0 amide bonds. The van der Waals surface area contributed by atoms with Gasteiger partial charge < -0.3 is 10.6 Å². The average molecular weight is 490 g/mol. The van der Waals surface area contributed by atoms with Crippen molar-refractivity contribution in [1.29, 1.82) is 0 Å². The molecule has 0 saturated heterocycles. The van der Waals surface area contributed by atoms with Gasteiger partial charge in [0.2, 0.25) is 0 Å². The molecule has 0 aliphatic heterocycles. The van der Waals surface area contributed by atoms with E-state index < -0.39 is 10.8 Å². The zero-order valence-corrected chi connectivity index (χ0v) is 18.2. The van der Waals surface area contributed by atoms with Gasteiger partial charge in [0.15, 0.2) is 5.96 Å². The number of nitrogens with one attached hydrogen (secondary N) is 2. The highest BCUT2D eigenvalue weighted by Crippen LogP contribution is 2.23. The van der Waals surface area contributed by atoms with Gasteiger partial charge in [0.05, 0.1) is 10.9 Å². The van der Waals surface area contributed by atoms with Crippen LogP contribution in [0.3, 0.4) is 0 Å². The van der Waals surface area contributed by atoms with Gasteiger partial charge in [0, 0.05) is 39.8 Å². The Labute approximate surface area is 167 Å². The van der Waals surface area contributed by atoms with E-state index in [1.54, 1.807) is 18.4 Å². The van der Waals surface area contributed by atoms with E-state index in [-0.39, 0.29) is 24.0 Å². The number of thiophene rings is 1. The summed E-state index contributed by atoms with van der Waals surface area (Å²) in [6, 6.07) is 4.28. The summed E-state index contributed by atoms with van der Waals surface area (Å²) in [6.07, 6.45) is 4.29. The van der Waals surface area contributed by atoms with Crippen LogP contribution in [0.4, 0.5) is 0 Å². The summed E-state index contributed by atoms with van der Waals surface area (Å²) in [7, 11) is 1.08. The molecule has 1 aliphatic rings. The minimum atomic E-state index is -0.695. The normalized spacial score (nSPS) is 23.0. The standard InChI is InChI=1S/C15H24ClN3OS2.HI/c1-3-22(20)13-6-4-5-11(9-13)19-15(17-2)18-10-12-7-8-14(16)21-12;/h7-8,11,13H,3-6,9-10H2,1-2H3,(H2,17,18,19);1H. The van der Waals surface area contributed by atoms with Gasteiger partial charge >= 0.3 is 0 Å². The number of nitrogens with zero attached hydrogens (tertiary/aromatic N) is 1. The predicted octanol–water partition coefficient (Wildman–Crippen LogP) is 3.76. The second-order valence-electron chi connectivity index (χ2n) is 5.43. The Hall–Kier alpha value is 0.140. The topological polar surface area (TPSA) is 53.5 Å². The van der Waals surface area contributed by atoms with E-state index in [9.17, 15) is 4.21 Å². The minimum Gasteiger partial charge on any atom is -0.354 e. The van der Waals surface area contributed by atoms with E-state index in [1.165, 1.54) is 4.88 Å². The van der Waals surface area contributed by atoms with Crippen LogP contribution in [0.25, 0.3) is 0 Å². The van der Waals surface area contributed by atoms with Crippen LogP contribution >= 0.6 is 46.9 Å². The van der Waals surface area contributed by atoms with Gasteiger partial charge in [-0.1, -0.05) is 24.9 Å². The molecule has 2 N–H and O–H groups in total. The molecule has 0 aromatic carbocycles. The van der Waals surface area contributed by atoms with Gasteiger partial charge in [-0.25, -0.2) is 0 Å². The Bertz CT molecular complexity index is 539. The van der Waals surface area contributed by atoms with Crippen molar-refractivity contribution in [2.75, 3.05) is 12.8 Å². The SMILES string of the molecule is CCS(=O)C1CCCC(NC(=NC)NCc2ccc(Cl)s2)C1.I. The summed E-state index contributed by atoms with van der Waals surface area (Å²) in [5.74, 6) is 1.56. The lowest BCUT2D eigenvalue weighted by Gasteiger charge is -2.30. The Morgan fingerprint density at radius 3 is 2.87 bits per heavy atom. The molecule has 1 heterocycles. The zero-order valence-electron chi connectivity index (χ0n) is 13.5. The molecule has 1 aromatic heterocycles. The van der Waals surface area contributed by atoms with Gasteiger partial charge in [-0.15, -0.1) is 35.3 Å². The van der Waals surface area contributed by atoms with Crippen LogP contribution < -0.4 is 10.6 Å². The number of hydrogen-bond acceptors (Lipinski definition) is 3. The van der Waals surface area contributed by atoms with Crippen LogP contribution in [0.2, 0.25) is 4.34 Å². The number of aliphatic imine (C=N–C) groups is 1. The van der Waals surface area contributed by atoms with E-state index in [1.807, 2.05) is 19.1 Å². The maximum absolute atomic E-state index is 12.0. The second kappa shape index (κ2) is 10.9. The molecule has 0 spiro atoms. The second-order valence-corrected chi connectivity index (χ2v) is 9.24. The highest BCUT2D eigenvalue weighted by atomic mass is 127. The molecule has 1 aliphatic carbocycles. The molecule has 2 rings (SSSR count). The quantitative estimate of drug-likeness (QED) is 0.376. The monoisotopic (exact) mass is 489 g/mol. The molecular formula is C15H25ClIN3OS2. The van der Waals surface area contributed by atoms with Crippen molar-refractivity contribution in [2.24, 2.45) is 4.99 Å². The van der Waals surface area contributed by atoms with E-state index >= 15 is 0 Å². The fourth-order valence-electron chi connectivity index (χ4n) is 2.76. The highest BCUT2D eigenvalue weighted by Gasteiger charge is 2.25. The molecule has 1 aromatic rings. The maximum atomic E-state index is 12.0. The van der Waals surface area contributed by atoms with Crippen LogP contribution in [0, 0.1) is 0 Å². The Balaban J connectivity index is 0.00000264. The fraction of sp³-hybridized carbons (Fsp3) is 0.667. The zero-order chi connectivity index (χ0) is 15.9. The lowest BCUT2D eigenvalue weighted by molar-refractivity contribution is 0.413. The van der Waals surface area contributed by atoms with Crippen molar-refractivity contribution in [3.8, 4) is 0 Å². The molecule has 1 fully saturated rings. The van der Waals surface area contributed by atoms with Crippen molar-refractivity contribution in [2.45, 2.75) is 50.4 Å². The van der Waals surface area contributed by atoms with E-state index in [2.05, 4.69) is 15.6 Å². The summed E-state index contributed by atoms with van der Waals surface area (Å²) >= 11 is 7.51. The van der Waals surface area contributed by atoms with Gasteiger partial charge in [0.1, 0.15) is 0 Å². The molecule has 3 unspecified atom stereocenters. The third-order valence-corrected chi connectivity index (χ3v) is 6.88. The first-order valence-electron chi connectivity index (χ1n) is 7.71. The molecule has 0 radical (unpaired) electrons. The minimum absolute atomic E-state index is 0. The van der Waals surface area contributed by atoms with Crippen molar-refractivity contribution in [3.05, 3.63) is 21.3 Å². The Morgan fingerprint density at radius 1 is 1.48 bits per heavy atom. The Morgan fingerprint density at radius 2 is 2.26 bits per heavy atom. The van der Waals surface area contributed by atoms with E-state index in [4.69, 9.17) is 11.6 Å². The van der Waals surface area contributed by atoms with Crippen LogP contribution in [0.5, 0.6) is 0 Å². The molecule has 23 heavy (non-hydrogen) atoms. The molecule has 132 valence electrons. The molecule has 1 saturated carbocycles. The molecule has 4 nitrogen and oxygen atoms in total. The largest absolute Gasteiger partial charge is 0.354 e. The van der Waals surface area contributed by atoms with Crippen molar-refractivity contribution in [1.82, 2.24) is 10.6 Å². The van der Waals surface area contributed by atoms with Crippen molar-refractivity contribution >= 4 is 63.7 Å². The first-order chi connectivity index (χ1) is 10.6. The smallest absolute Gasteiger partial charge is 0.191 e. The molecule has 3 atom stereocenters. The van der Waals surface area contributed by atoms with E-state index in [0.717, 1.165) is 41.7 Å². The third-order valence-electron chi connectivity index (χ3n) is 3.91. The predicted molar refractivity (Wildman–Crippen MR) is 113 cm³/mol. The summed E-state index contributed by atoms with van der Waals surface area (Å²) in [6.45, 7) is 2.72. The summed E-state index contributed by atoms with van der Waals surface area (Å²) in [5, 5.41) is 7.11. The fourth-order valence-corrected chi connectivity index (χ4v) is 5.13. The average Bonchev–Trinajstić information content (AvgIpc) is 2.96. The van der Waals surface area contributed by atoms with Crippen LogP contribution in [-0.4, -0.2) is 34.3 Å². The number of guanidine groups is 1. The van der Waals surface area contributed by atoms with Gasteiger partial charge in [-0.05, 0) is 31.4 Å². The summed E-state index contributed by atoms with van der Waals surface area (Å²) in [5.41, 5.74) is 0. The number of hydrogen-bond donors (Lipinski definition) is 2.